The van der Waals surface area contributed by atoms with Crippen molar-refractivity contribution < 1.29 is 4.74 Å². The van der Waals surface area contributed by atoms with E-state index in [0.717, 1.165) is 32.7 Å². The van der Waals surface area contributed by atoms with Gasteiger partial charge < -0.3 is 10.1 Å². The van der Waals surface area contributed by atoms with Gasteiger partial charge >= 0.3 is 0 Å². The minimum atomic E-state index is 0.590. The standard InChI is InChI=1S/C16H24N2O/c1-13-11-18(15-7-8-19-12-15)16(10-17-13)9-14-5-3-2-4-6-14/h2-6,13,15-17H,7-12H2,1H3. The Labute approximate surface area is 115 Å². The van der Waals surface area contributed by atoms with E-state index in [1.165, 1.54) is 12.0 Å². The molecule has 0 aliphatic carbocycles. The Hall–Kier alpha value is -0.900. The van der Waals surface area contributed by atoms with Gasteiger partial charge in [0.15, 0.2) is 0 Å². The van der Waals surface area contributed by atoms with Crippen molar-refractivity contribution in [1.82, 2.24) is 10.2 Å². The average Bonchev–Trinajstić information content (AvgIpc) is 2.96. The molecule has 2 saturated heterocycles. The van der Waals surface area contributed by atoms with Crippen molar-refractivity contribution in [2.24, 2.45) is 0 Å². The Kier molecular flexibility index (Phi) is 4.16. The lowest BCUT2D eigenvalue weighted by Gasteiger charge is -2.42. The van der Waals surface area contributed by atoms with Crippen LogP contribution in [0, 0.1) is 0 Å². The summed E-state index contributed by atoms with van der Waals surface area (Å²) in [4.78, 5) is 2.68. The number of hydrogen-bond acceptors (Lipinski definition) is 3. The van der Waals surface area contributed by atoms with Gasteiger partial charge in [0.1, 0.15) is 0 Å². The molecule has 1 aromatic rings. The predicted molar refractivity (Wildman–Crippen MR) is 77.3 cm³/mol. The van der Waals surface area contributed by atoms with E-state index in [0.29, 0.717) is 18.1 Å². The molecule has 3 rings (SSSR count). The van der Waals surface area contributed by atoms with Gasteiger partial charge in [-0.1, -0.05) is 30.3 Å². The molecule has 0 saturated carbocycles. The second-order valence-corrected chi connectivity index (χ2v) is 5.87. The Balaban J connectivity index is 1.70. The molecule has 0 aromatic heterocycles. The van der Waals surface area contributed by atoms with Gasteiger partial charge in [0.05, 0.1) is 6.61 Å². The first-order valence-electron chi connectivity index (χ1n) is 7.44. The van der Waals surface area contributed by atoms with E-state index in [2.05, 4.69) is 47.5 Å². The van der Waals surface area contributed by atoms with E-state index < -0.39 is 0 Å². The predicted octanol–water partition coefficient (Wildman–Crippen LogP) is 1.68. The number of benzene rings is 1. The van der Waals surface area contributed by atoms with Crippen LogP contribution in [0.2, 0.25) is 0 Å². The van der Waals surface area contributed by atoms with Gasteiger partial charge in [-0.3, -0.25) is 4.90 Å². The van der Waals surface area contributed by atoms with E-state index in [4.69, 9.17) is 4.74 Å². The summed E-state index contributed by atoms with van der Waals surface area (Å²) in [6.07, 6.45) is 2.33. The van der Waals surface area contributed by atoms with Gasteiger partial charge in [-0.2, -0.15) is 0 Å². The summed E-state index contributed by atoms with van der Waals surface area (Å²) in [5, 5.41) is 3.62. The average molecular weight is 260 g/mol. The highest BCUT2D eigenvalue weighted by Gasteiger charge is 2.33. The number of piperazine rings is 1. The van der Waals surface area contributed by atoms with Crippen LogP contribution in [-0.2, 0) is 11.2 Å². The maximum Gasteiger partial charge on any atom is 0.0622 e. The number of rotatable bonds is 3. The molecule has 3 atom stereocenters. The molecule has 3 nitrogen and oxygen atoms in total. The van der Waals surface area contributed by atoms with Gasteiger partial charge in [0, 0.05) is 37.8 Å². The molecule has 2 aliphatic rings. The molecule has 1 aromatic carbocycles. The summed E-state index contributed by atoms with van der Waals surface area (Å²) >= 11 is 0. The third kappa shape index (κ3) is 3.16. The van der Waals surface area contributed by atoms with Crippen molar-refractivity contribution >= 4 is 0 Å². The first-order valence-corrected chi connectivity index (χ1v) is 7.44. The highest BCUT2D eigenvalue weighted by atomic mass is 16.5. The SMILES string of the molecule is CC1CN(C2CCOC2)C(Cc2ccccc2)CN1. The maximum absolute atomic E-state index is 5.58. The summed E-state index contributed by atoms with van der Waals surface area (Å²) in [7, 11) is 0. The summed E-state index contributed by atoms with van der Waals surface area (Å²) in [6.45, 7) is 6.36. The van der Waals surface area contributed by atoms with Crippen LogP contribution in [0.25, 0.3) is 0 Å². The van der Waals surface area contributed by atoms with Crippen LogP contribution in [0.5, 0.6) is 0 Å². The molecular formula is C16H24N2O. The summed E-state index contributed by atoms with van der Waals surface area (Å²) in [5.41, 5.74) is 1.44. The fourth-order valence-corrected chi connectivity index (χ4v) is 3.29. The summed E-state index contributed by atoms with van der Waals surface area (Å²) in [5.74, 6) is 0. The molecule has 3 heteroatoms. The van der Waals surface area contributed by atoms with Crippen LogP contribution in [0.1, 0.15) is 18.9 Å². The second kappa shape index (κ2) is 6.04. The van der Waals surface area contributed by atoms with Crippen LogP contribution >= 0.6 is 0 Å². The Bertz CT molecular complexity index is 389. The zero-order valence-electron chi connectivity index (χ0n) is 11.7. The molecular weight excluding hydrogens is 236 g/mol. The molecule has 0 amide bonds. The highest BCUT2D eigenvalue weighted by molar-refractivity contribution is 5.16. The molecule has 0 radical (unpaired) electrons. The van der Waals surface area contributed by atoms with Crippen LogP contribution < -0.4 is 5.32 Å². The first-order chi connectivity index (χ1) is 9.33. The quantitative estimate of drug-likeness (QED) is 0.895. The van der Waals surface area contributed by atoms with E-state index in [-0.39, 0.29) is 0 Å². The van der Waals surface area contributed by atoms with Crippen molar-refractivity contribution in [3.05, 3.63) is 35.9 Å². The Morgan fingerprint density at radius 3 is 2.89 bits per heavy atom. The normalized spacial score (nSPS) is 32.6. The largest absolute Gasteiger partial charge is 0.380 e. The number of nitrogens with one attached hydrogen (secondary N) is 1. The fraction of sp³-hybridized carbons (Fsp3) is 0.625. The Morgan fingerprint density at radius 2 is 2.16 bits per heavy atom. The molecule has 2 heterocycles. The number of nitrogens with zero attached hydrogens (tertiary/aromatic N) is 1. The maximum atomic E-state index is 5.58. The monoisotopic (exact) mass is 260 g/mol. The molecule has 0 bridgehead atoms. The van der Waals surface area contributed by atoms with Crippen molar-refractivity contribution in [1.29, 1.82) is 0 Å². The van der Waals surface area contributed by atoms with Crippen molar-refractivity contribution in [2.45, 2.75) is 37.9 Å². The molecule has 19 heavy (non-hydrogen) atoms. The van der Waals surface area contributed by atoms with Crippen molar-refractivity contribution in [3.8, 4) is 0 Å². The lowest BCUT2D eigenvalue weighted by Crippen LogP contribution is -2.59. The summed E-state index contributed by atoms with van der Waals surface area (Å²) in [6, 6.07) is 12.7. The van der Waals surface area contributed by atoms with Crippen molar-refractivity contribution in [2.75, 3.05) is 26.3 Å². The second-order valence-electron chi connectivity index (χ2n) is 5.87. The molecule has 3 unspecified atom stereocenters. The van der Waals surface area contributed by atoms with E-state index in [1.54, 1.807) is 0 Å². The molecule has 0 spiro atoms. The third-order valence-corrected chi connectivity index (χ3v) is 4.34. The smallest absolute Gasteiger partial charge is 0.0622 e. The molecule has 2 fully saturated rings. The van der Waals surface area contributed by atoms with Crippen LogP contribution in [0.3, 0.4) is 0 Å². The van der Waals surface area contributed by atoms with E-state index in [9.17, 15) is 0 Å². The molecule has 2 aliphatic heterocycles. The van der Waals surface area contributed by atoms with Crippen LogP contribution in [-0.4, -0.2) is 49.3 Å². The van der Waals surface area contributed by atoms with Crippen LogP contribution in [0.4, 0.5) is 0 Å². The minimum Gasteiger partial charge on any atom is -0.380 e. The summed E-state index contributed by atoms with van der Waals surface area (Å²) < 4.78 is 5.58. The lowest BCUT2D eigenvalue weighted by atomic mass is 9.99. The van der Waals surface area contributed by atoms with E-state index >= 15 is 0 Å². The first kappa shape index (κ1) is 13.1. The minimum absolute atomic E-state index is 0.590. The van der Waals surface area contributed by atoms with Crippen LogP contribution in [0.15, 0.2) is 30.3 Å². The third-order valence-electron chi connectivity index (χ3n) is 4.34. The number of hydrogen-bond donors (Lipinski definition) is 1. The van der Waals surface area contributed by atoms with Gasteiger partial charge in [-0.05, 0) is 25.3 Å². The van der Waals surface area contributed by atoms with E-state index in [1.807, 2.05) is 0 Å². The fourth-order valence-electron chi connectivity index (χ4n) is 3.29. The topological polar surface area (TPSA) is 24.5 Å². The zero-order valence-corrected chi connectivity index (χ0v) is 11.7. The van der Waals surface area contributed by atoms with Crippen molar-refractivity contribution in [3.63, 3.8) is 0 Å². The van der Waals surface area contributed by atoms with Gasteiger partial charge in [-0.15, -0.1) is 0 Å². The Morgan fingerprint density at radius 1 is 1.32 bits per heavy atom. The number of ether oxygens (including phenoxy) is 1. The van der Waals surface area contributed by atoms with Gasteiger partial charge in [0.25, 0.3) is 0 Å². The zero-order chi connectivity index (χ0) is 13.1. The lowest BCUT2D eigenvalue weighted by molar-refractivity contribution is 0.0732. The molecule has 1 N–H and O–H groups in total. The molecule has 104 valence electrons. The van der Waals surface area contributed by atoms with Gasteiger partial charge in [-0.25, -0.2) is 0 Å². The van der Waals surface area contributed by atoms with Gasteiger partial charge in [0.2, 0.25) is 0 Å². The highest BCUT2D eigenvalue weighted by Crippen LogP contribution is 2.21.